The van der Waals surface area contributed by atoms with E-state index in [1.807, 2.05) is 57.3 Å². The summed E-state index contributed by atoms with van der Waals surface area (Å²) in [5, 5.41) is 4.47. The summed E-state index contributed by atoms with van der Waals surface area (Å²) >= 11 is 0. The fourth-order valence-electron chi connectivity index (χ4n) is 3.12. The molecule has 0 unspecified atom stereocenters. The van der Waals surface area contributed by atoms with Crippen molar-refractivity contribution in [2.24, 2.45) is 0 Å². The van der Waals surface area contributed by atoms with Crippen molar-refractivity contribution in [3.63, 3.8) is 0 Å². The number of benzene rings is 1. The Balaban J connectivity index is 1.68. The molecule has 7 heteroatoms. The lowest BCUT2D eigenvalue weighted by Crippen LogP contribution is -2.28. The van der Waals surface area contributed by atoms with Gasteiger partial charge in [0, 0.05) is 30.7 Å². The Labute approximate surface area is 154 Å². The van der Waals surface area contributed by atoms with E-state index < -0.39 is 10.0 Å². The molecule has 0 radical (unpaired) electrons. The third-order valence-corrected chi connectivity index (χ3v) is 5.89. The first-order chi connectivity index (χ1) is 12.4. The normalized spacial score (nSPS) is 11.7. The van der Waals surface area contributed by atoms with Crippen molar-refractivity contribution in [1.82, 2.24) is 19.5 Å². The molecule has 0 spiro atoms. The maximum absolute atomic E-state index is 12.7. The lowest BCUT2D eigenvalue weighted by Gasteiger charge is -2.13. The maximum atomic E-state index is 12.7. The van der Waals surface area contributed by atoms with Crippen LogP contribution < -0.4 is 4.72 Å². The molecule has 3 aromatic rings. The number of hydrogen-bond donors (Lipinski definition) is 1. The minimum Gasteiger partial charge on any atom is -0.271 e. The van der Waals surface area contributed by atoms with Crippen LogP contribution >= 0.6 is 0 Å². The van der Waals surface area contributed by atoms with Crippen molar-refractivity contribution in [3.8, 4) is 11.3 Å². The molecular formula is C19H22N4O2S. The minimum absolute atomic E-state index is 0.270. The summed E-state index contributed by atoms with van der Waals surface area (Å²) in [5.41, 5.74) is 4.38. The molecule has 0 saturated heterocycles. The number of aryl methyl sites for hydroxylation is 3. The van der Waals surface area contributed by atoms with Gasteiger partial charge in [-0.2, -0.15) is 5.10 Å². The third-order valence-electron chi connectivity index (χ3n) is 4.12. The monoisotopic (exact) mass is 370 g/mol. The molecule has 26 heavy (non-hydrogen) atoms. The highest BCUT2D eigenvalue weighted by Crippen LogP contribution is 2.21. The van der Waals surface area contributed by atoms with E-state index in [-0.39, 0.29) is 6.54 Å². The molecule has 1 N–H and O–H groups in total. The minimum atomic E-state index is -3.55. The average Bonchev–Trinajstić information content (AvgIpc) is 3.03. The largest absolute Gasteiger partial charge is 0.271 e. The Kier molecular flexibility index (Phi) is 5.20. The van der Waals surface area contributed by atoms with Gasteiger partial charge in [0.1, 0.15) is 0 Å². The molecule has 2 heterocycles. The molecule has 1 aromatic carbocycles. The van der Waals surface area contributed by atoms with Gasteiger partial charge in [0.15, 0.2) is 0 Å². The zero-order chi connectivity index (χ0) is 18.7. The van der Waals surface area contributed by atoms with Gasteiger partial charge in [0.25, 0.3) is 0 Å². The van der Waals surface area contributed by atoms with E-state index in [0.29, 0.717) is 11.4 Å². The lowest BCUT2D eigenvalue weighted by molar-refractivity contribution is 0.560. The summed E-state index contributed by atoms with van der Waals surface area (Å²) in [5.74, 6) is 0. The van der Waals surface area contributed by atoms with Gasteiger partial charge < -0.3 is 0 Å². The quantitative estimate of drug-likeness (QED) is 0.724. The van der Waals surface area contributed by atoms with Crippen LogP contribution in [0.2, 0.25) is 0 Å². The molecule has 0 amide bonds. The predicted octanol–water partition coefficient (Wildman–Crippen LogP) is 2.85. The zero-order valence-corrected chi connectivity index (χ0v) is 15.9. The number of pyridine rings is 1. The van der Waals surface area contributed by atoms with E-state index in [1.165, 1.54) is 0 Å². The van der Waals surface area contributed by atoms with E-state index in [4.69, 9.17) is 0 Å². The predicted molar refractivity (Wildman–Crippen MR) is 101 cm³/mol. The van der Waals surface area contributed by atoms with E-state index in [1.54, 1.807) is 17.1 Å². The Morgan fingerprint density at radius 2 is 1.69 bits per heavy atom. The highest BCUT2D eigenvalue weighted by molar-refractivity contribution is 7.89. The highest BCUT2D eigenvalue weighted by Gasteiger charge is 2.19. The number of nitrogens with zero attached hydrogens (tertiary/aromatic N) is 3. The van der Waals surface area contributed by atoms with E-state index in [9.17, 15) is 8.42 Å². The van der Waals surface area contributed by atoms with Crippen LogP contribution in [-0.4, -0.2) is 29.7 Å². The number of rotatable bonds is 6. The molecule has 0 aliphatic rings. The molecule has 0 aliphatic carbocycles. The second-order valence-corrected chi connectivity index (χ2v) is 8.03. The standard InChI is InChI=1S/C19H22N4O2S/c1-14-12-15(2)19(16(3)13-14)26(24,25)21-9-11-23-10-6-18(22-23)17-4-7-20-8-5-17/h4-8,10,12-13,21H,9,11H2,1-3H3. The number of nitrogens with one attached hydrogen (secondary N) is 1. The van der Waals surface area contributed by atoms with Crippen molar-refractivity contribution >= 4 is 10.0 Å². The van der Waals surface area contributed by atoms with Gasteiger partial charge in [0.05, 0.1) is 17.1 Å². The second-order valence-electron chi connectivity index (χ2n) is 6.33. The summed E-state index contributed by atoms with van der Waals surface area (Å²) in [4.78, 5) is 4.35. The Hall–Kier alpha value is -2.51. The summed E-state index contributed by atoms with van der Waals surface area (Å²) in [6.45, 7) is 6.33. The summed E-state index contributed by atoms with van der Waals surface area (Å²) in [7, 11) is -3.55. The first-order valence-electron chi connectivity index (χ1n) is 8.38. The maximum Gasteiger partial charge on any atom is 0.241 e. The van der Waals surface area contributed by atoms with Gasteiger partial charge in [-0.25, -0.2) is 13.1 Å². The van der Waals surface area contributed by atoms with Gasteiger partial charge in [-0.3, -0.25) is 9.67 Å². The van der Waals surface area contributed by atoms with Crippen LogP contribution in [0.3, 0.4) is 0 Å². The molecule has 3 rings (SSSR count). The fourth-order valence-corrected chi connectivity index (χ4v) is 4.59. The Morgan fingerprint density at radius 1 is 1.04 bits per heavy atom. The van der Waals surface area contributed by atoms with Gasteiger partial charge >= 0.3 is 0 Å². The topological polar surface area (TPSA) is 76.9 Å². The van der Waals surface area contributed by atoms with Gasteiger partial charge in [-0.05, 0) is 50.1 Å². The first-order valence-corrected chi connectivity index (χ1v) is 9.86. The van der Waals surface area contributed by atoms with Crippen LogP contribution in [0.15, 0.2) is 53.8 Å². The molecule has 6 nitrogen and oxygen atoms in total. The summed E-state index contributed by atoms with van der Waals surface area (Å²) in [6.07, 6.45) is 5.27. The van der Waals surface area contributed by atoms with Gasteiger partial charge in [0.2, 0.25) is 10.0 Å². The SMILES string of the molecule is Cc1cc(C)c(S(=O)(=O)NCCn2ccc(-c3ccncc3)n2)c(C)c1. The molecule has 0 saturated carbocycles. The summed E-state index contributed by atoms with van der Waals surface area (Å²) < 4.78 is 29.7. The number of sulfonamides is 1. The number of aromatic nitrogens is 3. The van der Waals surface area contributed by atoms with Gasteiger partial charge in [-0.15, -0.1) is 0 Å². The highest BCUT2D eigenvalue weighted by atomic mass is 32.2. The molecule has 0 bridgehead atoms. The lowest BCUT2D eigenvalue weighted by atomic mass is 10.1. The second kappa shape index (κ2) is 7.39. The van der Waals surface area contributed by atoms with Crippen molar-refractivity contribution < 1.29 is 8.42 Å². The molecule has 2 aromatic heterocycles. The van der Waals surface area contributed by atoms with E-state index in [2.05, 4.69) is 14.8 Å². The Bertz CT molecular complexity index is 988. The van der Waals surface area contributed by atoms with Crippen LogP contribution in [0.1, 0.15) is 16.7 Å². The van der Waals surface area contributed by atoms with Crippen molar-refractivity contribution in [2.75, 3.05) is 6.54 Å². The summed E-state index contributed by atoms with van der Waals surface area (Å²) in [6, 6.07) is 9.45. The van der Waals surface area contributed by atoms with Crippen molar-refractivity contribution in [2.45, 2.75) is 32.2 Å². The fraction of sp³-hybridized carbons (Fsp3) is 0.263. The smallest absolute Gasteiger partial charge is 0.241 e. The van der Waals surface area contributed by atoms with Crippen LogP contribution in [0.5, 0.6) is 0 Å². The molecular weight excluding hydrogens is 348 g/mol. The van der Waals surface area contributed by atoms with Crippen LogP contribution in [-0.2, 0) is 16.6 Å². The van der Waals surface area contributed by atoms with Gasteiger partial charge in [-0.1, -0.05) is 17.7 Å². The van der Waals surface area contributed by atoms with Crippen molar-refractivity contribution in [1.29, 1.82) is 0 Å². The third kappa shape index (κ3) is 4.00. The zero-order valence-electron chi connectivity index (χ0n) is 15.1. The molecule has 0 atom stereocenters. The van der Waals surface area contributed by atoms with E-state index in [0.717, 1.165) is 27.9 Å². The number of hydrogen-bond acceptors (Lipinski definition) is 4. The Morgan fingerprint density at radius 3 is 2.35 bits per heavy atom. The molecule has 136 valence electrons. The average molecular weight is 370 g/mol. The van der Waals surface area contributed by atoms with Crippen LogP contribution in [0, 0.1) is 20.8 Å². The van der Waals surface area contributed by atoms with E-state index >= 15 is 0 Å². The molecule has 0 fully saturated rings. The molecule has 0 aliphatic heterocycles. The van der Waals surface area contributed by atoms with Crippen molar-refractivity contribution in [3.05, 3.63) is 65.6 Å². The van der Waals surface area contributed by atoms with Crippen LogP contribution in [0.4, 0.5) is 0 Å². The first kappa shape index (κ1) is 18.3. The van der Waals surface area contributed by atoms with Crippen LogP contribution in [0.25, 0.3) is 11.3 Å².